The van der Waals surface area contributed by atoms with Gasteiger partial charge in [-0.3, -0.25) is 4.90 Å². The minimum Gasteiger partial charge on any atom is -0.314 e. The maximum atomic E-state index is 8.85. The molecule has 0 amide bonds. The first-order valence-electron chi connectivity index (χ1n) is 6.41. The topological polar surface area (TPSA) is 56.3 Å². The molecule has 1 atom stereocenters. The summed E-state index contributed by atoms with van der Waals surface area (Å²) in [5.41, 5.74) is 5.40. The maximum Gasteiger partial charge on any atom is 0.101 e. The van der Waals surface area contributed by atoms with E-state index in [1.165, 1.54) is 0 Å². The van der Waals surface area contributed by atoms with Crippen LogP contribution in [0.3, 0.4) is 0 Å². The molecule has 0 saturated carbocycles. The SMILES string of the molecule is CN1CCN(CCCC(C)(N)C#N)CC1(C)C. The summed E-state index contributed by atoms with van der Waals surface area (Å²) in [6.45, 7) is 10.7. The average molecular weight is 238 g/mol. The van der Waals surface area contributed by atoms with Gasteiger partial charge in [0.1, 0.15) is 5.54 Å². The van der Waals surface area contributed by atoms with Gasteiger partial charge in [-0.1, -0.05) is 0 Å². The van der Waals surface area contributed by atoms with E-state index in [4.69, 9.17) is 11.0 Å². The zero-order valence-corrected chi connectivity index (χ0v) is 11.7. The minimum absolute atomic E-state index is 0.250. The van der Waals surface area contributed by atoms with Crippen LogP contribution in [0.2, 0.25) is 0 Å². The Hall–Kier alpha value is -0.630. The Bertz CT molecular complexity index is 290. The highest BCUT2D eigenvalue weighted by atomic mass is 15.3. The van der Waals surface area contributed by atoms with Gasteiger partial charge in [-0.25, -0.2) is 0 Å². The van der Waals surface area contributed by atoms with Crippen LogP contribution in [0, 0.1) is 11.3 Å². The molecule has 1 rings (SSSR count). The summed E-state index contributed by atoms with van der Waals surface area (Å²) in [6.07, 6.45) is 1.77. The zero-order valence-electron chi connectivity index (χ0n) is 11.7. The fraction of sp³-hybridized carbons (Fsp3) is 0.923. The normalized spacial score (nSPS) is 25.2. The van der Waals surface area contributed by atoms with Gasteiger partial charge in [0, 0.05) is 25.2 Å². The van der Waals surface area contributed by atoms with Gasteiger partial charge < -0.3 is 10.6 Å². The fourth-order valence-electron chi connectivity index (χ4n) is 2.26. The van der Waals surface area contributed by atoms with E-state index in [1.807, 2.05) is 0 Å². The highest BCUT2D eigenvalue weighted by Gasteiger charge is 2.30. The maximum absolute atomic E-state index is 8.85. The van der Waals surface area contributed by atoms with E-state index < -0.39 is 5.54 Å². The van der Waals surface area contributed by atoms with Crippen LogP contribution >= 0.6 is 0 Å². The van der Waals surface area contributed by atoms with Crippen LogP contribution in [0.25, 0.3) is 0 Å². The van der Waals surface area contributed by atoms with Crippen molar-refractivity contribution in [3.05, 3.63) is 0 Å². The van der Waals surface area contributed by atoms with Crippen LogP contribution in [-0.2, 0) is 0 Å². The second kappa shape index (κ2) is 5.34. The van der Waals surface area contributed by atoms with Crippen LogP contribution in [0.1, 0.15) is 33.6 Å². The molecule has 0 bridgehead atoms. The van der Waals surface area contributed by atoms with Gasteiger partial charge in [0.05, 0.1) is 6.07 Å². The first-order chi connectivity index (χ1) is 7.77. The molecule has 1 saturated heterocycles. The van der Waals surface area contributed by atoms with Gasteiger partial charge in [0.25, 0.3) is 0 Å². The molecule has 1 aliphatic heterocycles. The van der Waals surface area contributed by atoms with E-state index in [-0.39, 0.29) is 5.54 Å². The summed E-state index contributed by atoms with van der Waals surface area (Å²) in [7, 11) is 2.18. The highest BCUT2D eigenvalue weighted by Crippen LogP contribution is 2.19. The predicted molar refractivity (Wildman–Crippen MR) is 70.6 cm³/mol. The summed E-state index contributed by atoms with van der Waals surface area (Å²) in [5.74, 6) is 0. The lowest BCUT2D eigenvalue weighted by Gasteiger charge is -2.45. The van der Waals surface area contributed by atoms with Crippen molar-refractivity contribution in [1.82, 2.24) is 9.80 Å². The summed E-state index contributed by atoms with van der Waals surface area (Å²) >= 11 is 0. The molecule has 1 unspecified atom stereocenters. The van der Waals surface area contributed by atoms with Gasteiger partial charge in [-0.15, -0.1) is 0 Å². The Morgan fingerprint density at radius 2 is 2.06 bits per heavy atom. The number of likely N-dealkylation sites (N-methyl/N-ethyl adjacent to an activating group) is 1. The molecule has 0 aromatic carbocycles. The Kier molecular flexibility index (Phi) is 4.54. The van der Waals surface area contributed by atoms with Gasteiger partial charge in [0.15, 0.2) is 0 Å². The van der Waals surface area contributed by atoms with E-state index in [2.05, 4.69) is 36.8 Å². The first-order valence-corrected chi connectivity index (χ1v) is 6.41. The molecule has 0 aromatic heterocycles. The second-order valence-electron chi connectivity index (χ2n) is 6.14. The minimum atomic E-state index is -0.665. The Labute approximate surface area is 105 Å². The number of piperazine rings is 1. The molecule has 0 aromatic rings. The summed E-state index contributed by atoms with van der Waals surface area (Å²) in [6, 6.07) is 2.15. The molecule has 1 fully saturated rings. The van der Waals surface area contributed by atoms with Gasteiger partial charge in [-0.05, 0) is 47.2 Å². The zero-order chi connectivity index (χ0) is 13.1. The lowest BCUT2D eigenvalue weighted by atomic mass is 9.97. The van der Waals surface area contributed by atoms with Crippen molar-refractivity contribution in [3.63, 3.8) is 0 Å². The molecule has 4 heteroatoms. The predicted octanol–water partition coefficient (Wildman–Crippen LogP) is 1.03. The molecular formula is C13H26N4. The van der Waals surface area contributed by atoms with Crippen LogP contribution < -0.4 is 5.73 Å². The van der Waals surface area contributed by atoms with E-state index in [1.54, 1.807) is 6.92 Å². The standard InChI is InChI=1S/C13H26N4/c1-12(2)11-17(9-8-16(12)4)7-5-6-13(3,15)10-14/h5-9,11,15H2,1-4H3. The Morgan fingerprint density at radius 1 is 1.41 bits per heavy atom. The quantitative estimate of drug-likeness (QED) is 0.795. The van der Waals surface area contributed by atoms with Crippen molar-refractivity contribution in [3.8, 4) is 6.07 Å². The smallest absolute Gasteiger partial charge is 0.101 e. The molecule has 4 nitrogen and oxygen atoms in total. The molecule has 1 heterocycles. The third-order valence-corrected chi connectivity index (χ3v) is 3.82. The number of nitrogens with two attached hydrogens (primary N) is 1. The van der Waals surface area contributed by atoms with Crippen molar-refractivity contribution in [1.29, 1.82) is 5.26 Å². The third kappa shape index (κ3) is 4.27. The molecule has 2 N–H and O–H groups in total. The molecule has 17 heavy (non-hydrogen) atoms. The van der Waals surface area contributed by atoms with Crippen LogP contribution in [0.4, 0.5) is 0 Å². The van der Waals surface area contributed by atoms with Crippen LogP contribution in [0.15, 0.2) is 0 Å². The third-order valence-electron chi connectivity index (χ3n) is 3.82. The lowest BCUT2D eigenvalue weighted by Crippen LogP contribution is -2.57. The van der Waals surface area contributed by atoms with Crippen molar-refractivity contribution in [2.24, 2.45) is 5.73 Å². The Balaban J connectivity index is 2.33. The molecule has 1 aliphatic rings. The van der Waals surface area contributed by atoms with Crippen molar-refractivity contribution in [2.45, 2.75) is 44.7 Å². The highest BCUT2D eigenvalue weighted by molar-refractivity contribution is 5.00. The van der Waals surface area contributed by atoms with Gasteiger partial charge >= 0.3 is 0 Å². The monoisotopic (exact) mass is 238 g/mol. The van der Waals surface area contributed by atoms with Crippen LogP contribution in [-0.4, -0.2) is 54.1 Å². The van der Waals surface area contributed by atoms with Gasteiger partial charge in [0.2, 0.25) is 0 Å². The molecular weight excluding hydrogens is 212 g/mol. The summed E-state index contributed by atoms with van der Waals surface area (Å²) < 4.78 is 0. The molecule has 0 spiro atoms. The van der Waals surface area contributed by atoms with E-state index in [0.29, 0.717) is 0 Å². The number of rotatable bonds is 4. The summed E-state index contributed by atoms with van der Waals surface area (Å²) in [5, 5.41) is 8.85. The van der Waals surface area contributed by atoms with E-state index >= 15 is 0 Å². The number of nitrogens with zero attached hydrogens (tertiary/aromatic N) is 3. The second-order valence-corrected chi connectivity index (χ2v) is 6.14. The van der Waals surface area contributed by atoms with Crippen molar-refractivity contribution >= 4 is 0 Å². The summed E-state index contributed by atoms with van der Waals surface area (Å²) in [4.78, 5) is 4.89. The number of hydrogen-bond donors (Lipinski definition) is 1. The van der Waals surface area contributed by atoms with Crippen molar-refractivity contribution < 1.29 is 0 Å². The van der Waals surface area contributed by atoms with Gasteiger partial charge in [-0.2, -0.15) is 5.26 Å². The average Bonchev–Trinajstić information content (AvgIpc) is 2.23. The van der Waals surface area contributed by atoms with Crippen molar-refractivity contribution in [2.75, 3.05) is 33.2 Å². The Morgan fingerprint density at radius 3 is 2.59 bits per heavy atom. The molecule has 0 aliphatic carbocycles. The lowest BCUT2D eigenvalue weighted by molar-refractivity contribution is 0.0389. The largest absolute Gasteiger partial charge is 0.314 e. The first kappa shape index (κ1) is 14.4. The van der Waals surface area contributed by atoms with E-state index in [9.17, 15) is 0 Å². The number of nitriles is 1. The van der Waals surface area contributed by atoms with E-state index in [0.717, 1.165) is 39.0 Å². The molecule has 98 valence electrons. The van der Waals surface area contributed by atoms with Crippen LogP contribution in [0.5, 0.6) is 0 Å². The fourth-order valence-corrected chi connectivity index (χ4v) is 2.26. The molecule has 0 radical (unpaired) electrons. The number of hydrogen-bond acceptors (Lipinski definition) is 4.